The van der Waals surface area contributed by atoms with E-state index in [4.69, 9.17) is 27.1 Å². The summed E-state index contributed by atoms with van der Waals surface area (Å²) >= 11 is 6.01. The Morgan fingerprint density at radius 1 is 1.07 bits per heavy atom. The van der Waals surface area contributed by atoms with Gasteiger partial charge >= 0.3 is 0 Å². The van der Waals surface area contributed by atoms with E-state index in [-0.39, 0.29) is 40.6 Å². The fourth-order valence-corrected chi connectivity index (χ4v) is 8.68. The average molecular weight is 823 g/mol. The summed E-state index contributed by atoms with van der Waals surface area (Å²) in [4.78, 5) is 68.8. The summed E-state index contributed by atoms with van der Waals surface area (Å²) in [5, 5.41) is 5.24. The van der Waals surface area contributed by atoms with Crippen LogP contribution in [0.4, 0.5) is 22.0 Å². The number of imide groups is 1. The van der Waals surface area contributed by atoms with Gasteiger partial charge in [0.2, 0.25) is 18.3 Å². The van der Waals surface area contributed by atoms with E-state index in [0.717, 1.165) is 57.5 Å². The minimum absolute atomic E-state index is 0.111. The highest BCUT2D eigenvalue weighted by Crippen LogP contribution is 2.42. The van der Waals surface area contributed by atoms with Crippen molar-refractivity contribution in [3.63, 3.8) is 0 Å². The lowest BCUT2D eigenvalue weighted by Gasteiger charge is -2.54. The zero-order chi connectivity index (χ0) is 41.3. The lowest BCUT2D eigenvalue weighted by atomic mass is 9.72. The van der Waals surface area contributed by atoms with Gasteiger partial charge in [-0.05, 0) is 85.2 Å². The van der Waals surface area contributed by atoms with E-state index in [2.05, 4.69) is 30.4 Å². The first-order valence-corrected chi connectivity index (χ1v) is 20.1. The molecule has 6 heterocycles. The summed E-state index contributed by atoms with van der Waals surface area (Å²) in [7, 11) is 0. The van der Waals surface area contributed by atoms with Crippen LogP contribution in [0.3, 0.4) is 0 Å². The van der Waals surface area contributed by atoms with Gasteiger partial charge in [-0.3, -0.25) is 28.9 Å². The second kappa shape index (κ2) is 16.6. The number of hydrogen-bond acceptors (Lipinski definition) is 11. The summed E-state index contributed by atoms with van der Waals surface area (Å²) < 4.78 is 23.7. The van der Waals surface area contributed by atoms with E-state index < -0.39 is 23.7 Å². The summed E-state index contributed by atoms with van der Waals surface area (Å²) in [5.74, 6) is -0.0346. The molecule has 0 aliphatic carbocycles. The fourth-order valence-electron chi connectivity index (χ4n) is 8.52. The molecule has 0 radical (unpaired) electrons. The number of carbonyl (C=O) groups excluding carboxylic acids is 4. The van der Waals surface area contributed by atoms with Gasteiger partial charge in [-0.2, -0.15) is 0 Å². The zero-order valence-electron chi connectivity index (χ0n) is 32.5. The molecule has 8 rings (SSSR count). The first-order chi connectivity index (χ1) is 28.6. The number of hydrogen-bond donors (Lipinski definition) is 3. The molecule has 2 saturated heterocycles. The third-order valence-electron chi connectivity index (χ3n) is 11.5. The molecule has 17 heteroatoms. The van der Waals surface area contributed by atoms with Crippen molar-refractivity contribution >= 4 is 58.8 Å². The summed E-state index contributed by atoms with van der Waals surface area (Å²) in [5.41, 5.74) is 9.09. The quantitative estimate of drug-likeness (QED) is 0.0992. The number of amides is 4. The molecule has 15 nitrogen and oxygen atoms in total. The minimum Gasteiger partial charge on any atom is -0.494 e. The number of anilines is 3. The van der Waals surface area contributed by atoms with Crippen molar-refractivity contribution < 1.29 is 28.3 Å². The molecule has 2 fully saturated rings. The van der Waals surface area contributed by atoms with E-state index in [1.54, 1.807) is 30.6 Å². The number of rotatable bonds is 14. The van der Waals surface area contributed by atoms with Crippen LogP contribution < -0.4 is 26.0 Å². The lowest BCUT2D eigenvalue weighted by Crippen LogP contribution is -2.60. The van der Waals surface area contributed by atoms with Crippen molar-refractivity contribution in [2.75, 3.05) is 55.3 Å². The topological polar surface area (TPSA) is 180 Å². The standard InChI is InChI=1S/C42H44ClFN10O5/c1-2-4-33(39(57)48-25-55)54-22-27-19-29(6-8-30(27)40(54)58)59-18-3-14-51-23-42(24-51)10-15-52(16-11-42)41-50-35(36-37(45)47-13-17-53(36)41)31-7-5-26(20-32(31)44)38(56)49-34-21-28(43)9-12-46-34/h5-9,12-13,17,19-21,25,33H,2-4,10-11,14-16,18,22-24H2,1H3,(H2,45,47)(H,46,49,56)(H,48,55,57). The molecular weight excluding hydrogens is 779 g/mol. The maximum atomic E-state index is 15.8. The van der Waals surface area contributed by atoms with Crippen molar-refractivity contribution in [2.45, 2.75) is 51.6 Å². The number of carbonyl (C=O) groups is 4. The Kier molecular flexibility index (Phi) is 11.2. The Morgan fingerprint density at radius 2 is 1.86 bits per heavy atom. The van der Waals surface area contributed by atoms with Crippen molar-refractivity contribution in [2.24, 2.45) is 5.41 Å². The largest absolute Gasteiger partial charge is 0.494 e. The van der Waals surface area contributed by atoms with Gasteiger partial charge in [-0.25, -0.2) is 19.3 Å². The number of ether oxygens (including phenoxy) is 1. The van der Waals surface area contributed by atoms with Crippen LogP contribution in [-0.4, -0.2) is 98.7 Å². The number of aromatic nitrogens is 4. The number of fused-ring (bicyclic) bond motifs is 2. The van der Waals surface area contributed by atoms with E-state index in [0.29, 0.717) is 59.4 Å². The molecular formula is C42H44ClFN10O5. The molecule has 306 valence electrons. The number of nitrogen functional groups attached to an aromatic ring is 1. The number of imidazole rings is 1. The van der Waals surface area contributed by atoms with E-state index in [1.807, 2.05) is 17.4 Å². The number of halogens is 2. The van der Waals surface area contributed by atoms with E-state index in [9.17, 15) is 19.2 Å². The maximum Gasteiger partial charge on any atom is 0.256 e. The van der Waals surface area contributed by atoms with Gasteiger partial charge in [-0.15, -0.1) is 0 Å². The number of nitrogens with one attached hydrogen (secondary N) is 2. The highest BCUT2D eigenvalue weighted by molar-refractivity contribution is 6.30. The van der Waals surface area contributed by atoms with E-state index in [1.165, 1.54) is 35.4 Å². The van der Waals surface area contributed by atoms with Crippen molar-refractivity contribution in [3.05, 3.63) is 94.7 Å². The number of nitrogens with zero attached hydrogens (tertiary/aromatic N) is 7. The van der Waals surface area contributed by atoms with Gasteiger partial charge in [0.05, 0.1) is 6.61 Å². The van der Waals surface area contributed by atoms with Crippen LogP contribution in [-0.2, 0) is 16.1 Å². The Balaban J connectivity index is 0.842. The normalized spacial score (nSPS) is 16.5. The monoisotopic (exact) mass is 822 g/mol. The first kappa shape index (κ1) is 39.7. The number of likely N-dealkylation sites (tertiary alicyclic amines) is 1. The molecule has 1 spiro atoms. The molecule has 3 aliphatic heterocycles. The predicted octanol–water partition coefficient (Wildman–Crippen LogP) is 5.19. The Hall–Kier alpha value is -6.13. The number of benzene rings is 2. The smallest absolute Gasteiger partial charge is 0.256 e. The summed E-state index contributed by atoms with van der Waals surface area (Å²) in [6, 6.07) is 12.0. The molecule has 2 aromatic carbocycles. The third-order valence-corrected chi connectivity index (χ3v) is 11.7. The molecule has 1 unspecified atom stereocenters. The van der Waals surface area contributed by atoms with Crippen molar-refractivity contribution in [3.8, 4) is 17.0 Å². The maximum absolute atomic E-state index is 15.8. The molecule has 3 aliphatic rings. The van der Waals surface area contributed by atoms with Crippen LogP contribution in [0.2, 0.25) is 5.02 Å². The molecule has 0 saturated carbocycles. The van der Waals surface area contributed by atoms with Gasteiger partial charge in [0.25, 0.3) is 11.8 Å². The Labute approximate surface area is 344 Å². The Morgan fingerprint density at radius 3 is 2.61 bits per heavy atom. The molecule has 0 bridgehead atoms. The van der Waals surface area contributed by atoms with Gasteiger partial charge in [0.15, 0.2) is 0 Å². The van der Waals surface area contributed by atoms with Gasteiger partial charge < -0.3 is 30.5 Å². The van der Waals surface area contributed by atoms with Crippen LogP contribution in [0, 0.1) is 11.2 Å². The van der Waals surface area contributed by atoms with Crippen LogP contribution in [0.25, 0.3) is 16.8 Å². The van der Waals surface area contributed by atoms with Gasteiger partial charge in [-0.1, -0.05) is 24.9 Å². The second-order valence-corrected chi connectivity index (χ2v) is 15.8. The lowest BCUT2D eigenvalue weighted by molar-refractivity contribution is -0.129. The molecule has 3 aromatic heterocycles. The highest BCUT2D eigenvalue weighted by Gasteiger charge is 2.45. The summed E-state index contributed by atoms with van der Waals surface area (Å²) in [6.45, 7) is 7.19. The summed E-state index contributed by atoms with van der Waals surface area (Å²) in [6.07, 6.45) is 9.16. The van der Waals surface area contributed by atoms with Crippen LogP contribution in [0.5, 0.6) is 5.75 Å². The Bertz CT molecular complexity index is 2430. The molecule has 4 N–H and O–H groups in total. The van der Waals surface area contributed by atoms with E-state index >= 15 is 4.39 Å². The van der Waals surface area contributed by atoms with Crippen LogP contribution in [0.15, 0.2) is 67.1 Å². The van der Waals surface area contributed by atoms with Crippen LogP contribution in [0.1, 0.15) is 65.3 Å². The predicted molar refractivity (Wildman–Crippen MR) is 220 cm³/mol. The number of piperidine rings is 1. The zero-order valence-corrected chi connectivity index (χ0v) is 33.3. The van der Waals surface area contributed by atoms with Gasteiger partial charge in [0.1, 0.15) is 40.5 Å². The molecule has 59 heavy (non-hydrogen) atoms. The van der Waals surface area contributed by atoms with Crippen molar-refractivity contribution in [1.82, 2.24) is 34.5 Å². The number of pyridine rings is 1. The first-order valence-electron chi connectivity index (χ1n) is 19.7. The number of nitrogens with two attached hydrogens (primary N) is 1. The van der Waals surface area contributed by atoms with Gasteiger partial charge in [0, 0.05) is 79.6 Å². The van der Waals surface area contributed by atoms with Crippen molar-refractivity contribution in [1.29, 1.82) is 0 Å². The molecule has 5 aromatic rings. The third kappa shape index (κ3) is 8.01. The SMILES string of the molecule is CCCC(C(=O)NC=O)N1Cc2cc(OCCCN3CC4(CCN(c5nc(-c6ccc(C(=O)Nc7cc(Cl)ccn7)cc6F)c6c(N)nccn56)CC4)C3)ccc2C1=O. The average Bonchev–Trinajstić information content (AvgIpc) is 3.76. The minimum atomic E-state index is -0.707. The highest BCUT2D eigenvalue weighted by atomic mass is 35.5. The molecule has 1 atom stereocenters. The fraction of sp³-hybridized carbons (Fsp3) is 0.357. The molecule has 4 amide bonds. The second-order valence-electron chi connectivity index (χ2n) is 15.4. The van der Waals surface area contributed by atoms with Crippen LogP contribution >= 0.6 is 11.6 Å².